The summed E-state index contributed by atoms with van der Waals surface area (Å²) in [6, 6.07) is 10.2. The first kappa shape index (κ1) is 17.4. The molecule has 2 heteroatoms. The van der Waals surface area contributed by atoms with Crippen LogP contribution in [0, 0.1) is 0 Å². The first-order chi connectivity index (χ1) is 10.4. The van der Waals surface area contributed by atoms with Crippen LogP contribution in [0.25, 0.3) is 0 Å². The van der Waals surface area contributed by atoms with Gasteiger partial charge in [0.15, 0.2) is 0 Å². The maximum absolute atomic E-state index is 10.2. The van der Waals surface area contributed by atoms with Crippen molar-refractivity contribution in [2.45, 2.75) is 51.7 Å². The van der Waals surface area contributed by atoms with Crippen LogP contribution in [0.1, 0.15) is 44.6 Å². The summed E-state index contributed by atoms with van der Waals surface area (Å²) in [4.78, 5) is 10.2. The summed E-state index contributed by atoms with van der Waals surface area (Å²) in [5.74, 6) is 0. The number of rotatable bonds is 11. The largest absolute Gasteiger partial charge is 0.369 e. The predicted octanol–water partition coefficient (Wildman–Crippen LogP) is 4.85. The maximum atomic E-state index is 10.2. The van der Waals surface area contributed by atoms with Crippen LogP contribution in [-0.4, -0.2) is 12.4 Å². The van der Waals surface area contributed by atoms with Gasteiger partial charge in [0, 0.05) is 6.42 Å². The van der Waals surface area contributed by atoms with Gasteiger partial charge in [-0.1, -0.05) is 80.8 Å². The van der Waals surface area contributed by atoms with Crippen molar-refractivity contribution in [3.8, 4) is 0 Å². The summed E-state index contributed by atoms with van der Waals surface area (Å²) in [5.41, 5.74) is 1.20. The highest BCUT2D eigenvalue weighted by molar-refractivity contribution is 5.52. The van der Waals surface area contributed by atoms with Crippen LogP contribution in [0.3, 0.4) is 0 Å². The SMILES string of the molecule is CCCCC[C@@H](/C=C/C=C\CC=O)OCc1ccccc1. The van der Waals surface area contributed by atoms with Gasteiger partial charge in [-0.25, -0.2) is 0 Å². The van der Waals surface area contributed by atoms with Crippen molar-refractivity contribution in [2.75, 3.05) is 0 Å². The lowest BCUT2D eigenvalue weighted by atomic mass is 10.1. The molecule has 0 saturated heterocycles. The Morgan fingerprint density at radius 3 is 2.67 bits per heavy atom. The topological polar surface area (TPSA) is 26.3 Å². The Bertz CT molecular complexity index is 420. The maximum Gasteiger partial charge on any atom is 0.123 e. The predicted molar refractivity (Wildman–Crippen MR) is 88.1 cm³/mol. The lowest BCUT2D eigenvalue weighted by Crippen LogP contribution is -2.09. The zero-order chi connectivity index (χ0) is 15.2. The van der Waals surface area contributed by atoms with Gasteiger partial charge in [-0.2, -0.15) is 0 Å². The molecule has 0 radical (unpaired) electrons. The molecule has 0 saturated carbocycles. The van der Waals surface area contributed by atoms with E-state index in [1.165, 1.54) is 24.8 Å². The molecule has 0 bridgehead atoms. The molecule has 1 aromatic rings. The van der Waals surface area contributed by atoms with Crippen LogP contribution in [0.5, 0.6) is 0 Å². The molecular formula is C19H26O2. The standard InChI is InChI=1S/C19H26O2/c1-2-3-7-14-19(15-10-4-5-11-16-20)21-17-18-12-8-6-9-13-18/h4-6,8-10,12-13,15-16,19H,2-3,7,11,14,17H2,1H3/b5-4-,15-10+/t19-/m0/s1. The van der Waals surface area contributed by atoms with E-state index in [0.29, 0.717) is 13.0 Å². The highest BCUT2D eigenvalue weighted by atomic mass is 16.5. The average Bonchev–Trinajstić information content (AvgIpc) is 2.53. The van der Waals surface area contributed by atoms with Gasteiger partial charge in [-0.15, -0.1) is 0 Å². The van der Waals surface area contributed by atoms with Crippen molar-refractivity contribution in [3.05, 3.63) is 60.2 Å². The zero-order valence-corrected chi connectivity index (χ0v) is 12.9. The van der Waals surface area contributed by atoms with E-state index < -0.39 is 0 Å². The lowest BCUT2D eigenvalue weighted by molar-refractivity contribution is -0.107. The highest BCUT2D eigenvalue weighted by Crippen LogP contribution is 2.11. The number of allylic oxidation sites excluding steroid dienone is 3. The smallest absolute Gasteiger partial charge is 0.123 e. The van der Waals surface area contributed by atoms with Crippen molar-refractivity contribution >= 4 is 6.29 Å². The van der Waals surface area contributed by atoms with Crippen LogP contribution < -0.4 is 0 Å². The summed E-state index contributed by atoms with van der Waals surface area (Å²) < 4.78 is 5.99. The summed E-state index contributed by atoms with van der Waals surface area (Å²) in [6.07, 6.45) is 14.0. The molecule has 0 heterocycles. The second-order valence-corrected chi connectivity index (χ2v) is 5.05. The Morgan fingerprint density at radius 1 is 1.14 bits per heavy atom. The Hall–Kier alpha value is -1.67. The molecule has 0 fully saturated rings. The van der Waals surface area contributed by atoms with Gasteiger partial charge >= 0.3 is 0 Å². The molecule has 0 unspecified atom stereocenters. The molecule has 0 aromatic heterocycles. The summed E-state index contributed by atoms with van der Waals surface area (Å²) in [5, 5.41) is 0. The van der Waals surface area contributed by atoms with Crippen molar-refractivity contribution in [1.29, 1.82) is 0 Å². The molecule has 0 aliphatic heterocycles. The molecule has 0 spiro atoms. The summed E-state index contributed by atoms with van der Waals surface area (Å²) in [6.45, 7) is 2.85. The van der Waals surface area contributed by atoms with E-state index in [4.69, 9.17) is 4.74 Å². The van der Waals surface area contributed by atoms with Crippen LogP contribution in [0.4, 0.5) is 0 Å². The Balaban J connectivity index is 2.44. The minimum absolute atomic E-state index is 0.137. The molecule has 0 aliphatic rings. The number of ether oxygens (including phenoxy) is 1. The Morgan fingerprint density at radius 2 is 1.95 bits per heavy atom. The van der Waals surface area contributed by atoms with Crippen LogP contribution >= 0.6 is 0 Å². The van der Waals surface area contributed by atoms with Crippen molar-refractivity contribution in [2.24, 2.45) is 0 Å². The van der Waals surface area contributed by atoms with Crippen LogP contribution in [0.2, 0.25) is 0 Å². The lowest BCUT2D eigenvalue weighted by Gasteiger charge is -2.14. The van der Waals surface area contributed by atoms with Crippen LogP contribution in [0.15, 0.2) is 54.6 Å². The van der Waals surface area contributed by atoms with E-state index in [9.17, 15) is 4.79 Å². The van der Waals surface area contributed by atoms with E-state index in [2.05, 4.69) is 25.1 Å². The van der Waals surface area contributed by atoms with E-state index >= 15 is 0 Å². The molecule has 0 aliphatic carbocycles. The first-order valence-electron chi connectivity index (χ1n) is 7.79. The number of carbonyl (C=O) groups is 1. The summed E-state index contributed by atoms with van der Waals surface area (Å²) in [7, 11) is 0. The summed E-state index contributed by atoms with van der Waals surface area (Å²) >= 11 is 0. The molecule has 1 atom stereocenters. The quantitative estimate of drug-likeness (QED) is 0.330. The molecule has 1 aromatic carbocycles. The highest BCUT2D eigenvalue weighted by Gasteiger charge is 2.04. The third-order valence-electron chi connectivity index (χ3n) is 3.20. The van der Waals surface area contributed by atoms with Crippen molar-refractivity contribution < 1.29 is 9.53 Å². The Labute approximate surface area is 128 Å². The monoisotopic (exact) mass is 286 g/mol. The van der Waals surface area contributed by atoms with E-state index in [0.717, 1.165) is 12.7 Å². The van der Waals surface area contributed by atoms with Gasteiger partial charge in [0.05, 0.1) is 12.7 Å². The molecule has 21 heavy (non-hydrogen) atoms. The minimum Gasteiger partial charge on any atom is -0.369 e. The second-order valence-electron chi connectivity index (χ2n) is 5.05. The van der Waals surface area contributed by atoms with E-state index in [1.807, 2.05) is 36.4 Å². The van der Waals surface area contributed by atoms with Crippen molar-refractivity contribution in [1.82, 2.24) is 0 Å². The average molecular weight is 286 g/mol. The molecule has 1 rings (SSSR count). The van der Waals surface area contributed by atoms with E-state index in [-0.39, 0.29) is 6.10 Å². The van der Waals surface area contributed by atoms with Gasteiger partial charge in [-0.05, 0) is 12.0 Å². The van der Waals surface area contributed by atoms with Gasteiger partial charge in [0.1, 0.15) is 6.29 Å². The van der Waals surface area contributed by atoms with Crippen molar-refractivity contribution in [3.63, 3.8) is 0 Å². The van der Waals surface area contributed by atoms with Gasteiger partial charge in [-0.3, -0.25) is 0 Å². The Kier molecular flexibility index (Phi) is 10.0. The third kappa shape index (κ3) is 8.98. The molecular weight excluding hydrogens is 260 g/mol. The number of hydrogen-bond acceptors (Lipinski definition) is 2. The number of benzene rings is 1. The van der Waals surface area contributed by atoms with E-state index in [1.54, 1.807) is 0 Å². The molecule has 114 valence electrons. The zero-order valence-electron chi connectivity index (χ0n) is 12.9. The molecule has 0 amide bonds. The normalized spacial score (nSPS) is 13.0. The third-order valence-corrected chi connectivity index (χ3v) is 3.20. The van der Waals surface area contributed by atoms with Gasteiger partial charge in [0.2, 0.25) is 0 Å². The van der Waals surface area contributed by atoms with Gasteiger partial charge in [0.25, 0.3) is 0 Å². The molecule has 0 N–H and O–H groups in total. The van der Waals surface area contributed by atoms with Crippen LogP contribution in [-0.2, 0) is 16.1 Å². The molecule has 2 nitrogen and oxygen atoms in total. The van der Waals surface area contributed by atoms with Gasteiger partial charge < -0.3 is 9.53 Å². The second kappa shape index (κ2) is 12.1. The number of aldehydes is 1. The number of carbonyl (C=O) groups excluding carboxylic acids is 1. The fraction of sp³-hybridized carbons (Fsp3) is 0.421. The minimum atomic E-state index is 0.137. The fourth-order valence-electron chi connectivity index (χ4n) is 2.01. The number of unbranched alkanes of at least 4 members (excludes halogenated alkanes) is 2. The number of hydrogen-bond donors (Lipinski definition) is 0. The fourth-order valence-corrected chi connectivity index (χ4v) is 2.01. The first-order valence-corrected chi connectivity index (χ1v) is 7.79.